The second-order valence-electron chi connectivity index (χ2n) is 11.5. The lowest BCUT2D eigenvalue weighted by molar-refractivity contribution is -0.149. The molecule has 2 rings (SSSR count). The minimum Gasteiger partial charge on any atom is -0.453 e. The number of benzene rings is 1. The summed E-state index contributed by atoms with van der Waals surface area (Å²) in [5, 5.41) is 17.7. The molecule has 0 saturated heterocycles. The van der Waals surface area contributed by atoms with Crippen molar-refractivity contribution in [1.82, 2.24) is 10.6 Å². The van der Waals surface area contributed by atoms with E-state index in [1.807, 2.05) is 44.2 Å². The normalized spacial score (nSPS) is 16.8. The monoisotopic (exact) mass is 634 g/mol. The number of ether oxygens (including phenoxy) is 2. The molecule has 8 nitrogen and oxygen atoms in total. The highest BCUT2D eigenvalue weighted by Gasteiger charge is 2.25. The quantitative estimate of drug-likeness (QED) is 0.137. The molecule has 1 aromatic rings. The third-order valence-corrected chi connectivity index (χ3v) is 6.40. The fourth-order valence-corrected chi connectivity index (χ4v) is 3.85. The molecule has 41 heavy (non-hydrogen) atoms. The molecule has 1 aliphatic rings. The van der Waals surface area contributed by atoms with Gasteiger partial charge in [-0.1, -0.05) is 64.1 Å². The number of aliphatic hydroxyl groups is 1. The molecule has 0 saturated carbocycles. The van der Waals surface area contributed by atoms with Gasteiger partial charge in [-0.3, -0.25) is 14.4 Å². The van der Waals surface area contributed by atoms with Crippen LogP contribution in [0.1, 0.15) is 59.9 Å². The summed E-state index contributed by atoms with van der Waals surface area (Å²) in [5.41, 5.74) is 1.81. The van der Waals surface area contributed by atoms with Crippen molar-refractivity contribution in [3.8, 4) is 0 Å². The largest absolute Gasteiger partial charge is 0.453 e. The third-order valence-electron chi connectivity index (χ3n) is 6.40. The second-order valence-corrected chi connectivity index (χ2v) is 11.5. The van der Waals surface area contributed by atoms with E-state index in [2.05, 4.69) is 10.6 Å². The van der Waals surface area contributed by atoms with Crippen LogP contribution in [0.4, 0.5) is 0 Å². The van der Waals surface area contributed by atoms with Crippen LogP contribution in [0.3, 0.4) is 0 Å². The van der Waals surface area contributed by atoms with Crippen molar-refractivity contribution >= 4 is 34.7 Å². The van der Waals surface area contributed by atoms with Gasteiger partial charge in [0.25, 0.3) is 0 Å². The third kappa shape index (κ3) is 13.7. The van der Waals surface area contributed by atoms with Crippen LogP contribution in [-0.2, 0) is 30.3 Å². The van der Waals surface area contributed by atoms with Crippen LogP contribution < -0.4 is 10.6 Å². The van der Waals surface area contributed by atoms with Gasteiger partial charge in [0.1, 0.15) is 18.1 Å². The number of Topliss-reactive ketones (excluding diaryl/α,β-unsaturated/α-hetero) is 1. The van der Waals surface area contributed by atoms with Crippen molar-refractivity contribution < 1.29 is 29.0 Å². The predicted octanol–water partition coefficient (Wildman–Crippen LogP) is 4.62. The molecule has 0 bridgehead atoms. The standard InChI is InChI=1S/C32H46N2O6.BrH/c1-22(2)30(37)39-20-26-18-25(14-15-29(26)40-31(38)23(3)4)28(36)19-34-32(5,6)21-33-16-10-13-27(35)17-24-11-8-7-9-12-24;/h7-9,11-12,14-15,18,20,22-23,28-29,33-34,36H,10,13,16-17,19,21H2,1-6H3;1H. The van der Waals surface area contributed by atoms with Crippen molar-refractivity contribution in [3.05, 3.63) is 71.5 Å². The van der Waals surface area contributed by atoms with E-state index in [1.54, 1.807) is 45.9 Å². The van der Waals surface area contributed by atoms with Crippen molar-refractivity contribution in [2.24, 2.45) is 11.8 Å². The summed E-state index contributed by atoms with van der Waals surface area (Å²) in [6.07, 6.45) is 6.61. The minimum atomic E-state index is -0.836. The summed E-state index contributed by atoms with van der Waals surface area (Å²) in [7, 11) is 0. The molecule has 0 fully saturated rings. The second kappa shape index (κ2) is 18.1. The molecule has 0 aromatic heterocycles. The zero-order valence-corrected chi connectivity index (χ0v) is 26.9. The zero-order chi connectivity index (χ0) is 29.7. The number of nitrogens with one attached hydrogen (secondary N) is 2. The molecule has 0 radical (unpaired) electrons. The lowest BCUT2D eigenvalue weighted by atomic mass is 9.95. The molecule has 3 N–H and O–H groups in total. The van der Waals surface area contributed by atoms with Gasteiger partial charge in [-0.05, 0) is 50.1 Å². The van der Waals surface area contributed by atoms with Gasteiger partial charge in [0.2, 0.25) is 0 Å². The van der Waals surface area contributed by atoms with Gasteiger partial charge < -0.3 is 25.2 Å². The molecule has 2 atom stereocenters. The number of carbonyl (C=O) groups excluding carboxylic acids is 3. The number of β-amino-alcohol motifs (C(OH)–C–C–N with tert-alkyl or cyclic N) is 1. The average molecular weight is 636 g/mol. The Kier molecular flexibility index (Phi) is 16.0. The first-order chi connectivity index (χ1) is 18.9. The van der Waals surface area contributed by atoms with Crippen molar-refractivity contribution in [1.29, 1.82) is 0 Å². The number of aliphatic hydroxyl groups excluding tert-OH is 1. The molecular formula is C32H47BrN2O6. The Morgan fingerprint density at radius 2 is 1.71 bits per heavy atom. The SMILES string of the molecule is Br.CC(C)C(=O)OC=C1C=C(C(O)CNC(C)(C)CNCCCC(=O)Cc2ccccc2)C=CC1OC(=O)C(C)C. The molecule has 0 heterocycles. The van der Waals surface area contributed by atoms with Gasteiger partial charge in [0.05, 0.1) is 17.9 Å². The van der Waals surface area contributed by atoms with E-state index in [-0.39, 0.29) is 52.7 Å². The van der Waals surface area contributed by atoms with Gasteiger partial charge in [-0.2, -0.15) is 0 Å². The molecule has 1 aliphatic carbocycles. The Bertz CT molecular complexity index is 1080. The molecule has 0 spiro atoms. The van der Waals surface area contributed by atoms with Crippen LogP contribution in [0.2, 0.25) is 0 Å². The first-order valence-corrected chi connectivity index (χ1v) is 14.1. The summed E-state index contributed by atoms with van der Waals surface area (Å²) in [6, 6.07) is 9.77. The number of hydrogen-bond donors (Lipinski definition) is 3. The number of esters is 2. The maximum Gasteiger partial charge on any atom is 0.313 e. The highest BCUT2D eigenvalue weighted by molar-refractivity contribution is 8.93. The number of carbonyl (C=O) groups is 3. The molecular weight excluding hydrogens is 588 g/mol. The van der Waals surface area contributed by atoms with E-state index in [0.29, 0.717) is 30.5 Å². The Balaban J connectivity index is 0.00000840. The lowest BCUT2D eigenvalue weighted by Gasteiger charge is -2.29. The summed E-state index contributed by atoms with van der Waals surface area (Å²) < 4.78 is 10.8. The summed E-state index contributed by atoms with van der Waals surface area (Å²) in [4.78, 5) is 36.4. The zero-order valence-electron chi connectivity index (χ0n) is 25.1. The van der Waals surface area contributed by atoms with Crippen LogP contribution in [0, 0.1) is 11.8 Å². The Morgan fingerprint density at radius 3 is 2.34 bits per heavy atom. The van der Waals surface area contributed by atoms with Gasteiger partial charge in [0, 0.05) is 37.0 Å². The predicted molar refractivity (Wildman–Crippen MR) is 167 cm³/mol. The van der Waals surface area contributed by atoms with E-state index in [4.69, 9.17) is 9.47 Å². The van der Waals surface area contributed by atoms with Crippen LogP contribution in [0.5, 0.6) is 0 Å². The van der Waals surface area contributed by atoms with E-state index in [0.717, 1.165) is 18.5 Å². The first-order valence-electron chi connectivity index (χ1n) is 14.1. The lowest BCUT2D eigenvalue weighted by Crippen LogP contribution is -2.50. The van der Waals surface area contributed by atoms with Crippen LogP contribution in [0.25, 0.3) is 0 Å². The van der Waals surface area contributed by atoms with Crippen LogP contribution >= 0.6 is 17.0 Å². The fraction of sp³-hybridized carbons (Fsp3) is 0.531. The maximum atomic E-state index is 12.2. The van der Waals surface area contributed by atoms with Crippen LogP contribution in [-0.4, -0.2) is 60.2 Å². The number of hydrogen-bond acceptors (Lipinski definition) is 8. The molecule has 2 unspecified atom stereocenters. The molecule has 228 valence electrons. The van der Waals surface area contributed by atoms with Crippen molar-refractivity contribution in [2.75, 3.05) is 19.6 Å². The minimum absolute atomic E-state index is 0. The van der Waals surface area contributed by atoms with E-state index in [1.165, 1.54) is 6.26 Å². The highest BCUT2D eigenvalue weighted by atomic mass is 79.9. The Morgan fingerprint density at radius 1 is 1.05 bits per heavy atom. The molecule has 1 aromatic carbocycles. The smallest absolute Gasteiger partial charge is 0.313 e. The maximum absolute atomic E-state index is 12.2. The molecule has 9 heteroatoms. The molecule has 0 aliphatic heterocycles. The summed E-state index contributed by atoms with van der Waals surface area (Å²) >= 11 is 0. The number of rotatable bonds is 16. The highest BCUT2D eigenvalue weighted by Crippen LogP contribution is 2.23. The number of halogens is 1. The summed E-state index contributed by atoms with van der Waals surface area (Å²) in [6.45, 7) is 12.7. The van der Waals surface area contributed by atoms with Crippen molar-refractivity contribution in [2.45, 2.75) is 78.6 Å². The van der Waals surface area contributed by atoms with Gasteiger partial charge in [-0.15, -0.1) is 17.0 Å². The van der Waals surface area contributed by atoms with Gasteiger partial charge in [-0.25, -0.2) is 0 Å². The van der Waals surface area contributed by atoms with E-state index < -0.39 is 18.2 Å². The average Bonchev–Trinajstić information content (AvgIpc) is 2.91. The first kappa shape index (κ1) is 36.4. The molecule has 0 amide bonds. The van der Waals surface area contributed by atoms with E-state index >= 15 is 0 Å². The van der Waals surface area contributed by atoms with Crippen LogP contribution in [0.15, 0.2) is 66.0 Å². The Hall–Kier alpha value is -2.59. The Labute approximate surface area is 255 Å². The fourth-order valence-electron chi connectivity index (χ4n) is 3.85. The van der Waals surface area contributed by atoms with E-state index in [9.17, 15) is 19.5 Å². The summed E-state index contributed by atoms with van der Waals surface area (Å²) in [5.74, 6) is -1.15. The number of ketones is 1. The topological polar surface area (TPSA) is 114 Å². The van der Waals surface area contributed by atoms with Gasteiger partial charge in [0.15, 0.2) is 0 Å². The van der Waals surface area contributed by atoms with Crippen molar-refractivity contribution in [3.63, 3.8) is 0 Å². The van der Waals surface area contributed by atoms with Gasteiger partial charge >= 0.3 is 11.9 Å².